The van der Waals surface area contributed by atoms with Gasteiger partial charge in [-0.15, -0.1) is 0 Å². The highest BCUT2D eigenvalue weighted by Gasteiger charge is 2.46. The Balaban J connectivity index is 1.64. The van der Waals surface area contributed by atoms with E-state index >= 15 is 0 Å². The van der Waals surface area contributed by atoms with Crippen LogP contribution >= 0.6 is 0 Å². The van der Waals surface area contributed by atoms with E-state index in [1.165, 1.54) is 12.1 Å². The summed E-state index contributed by atoms with van der Waals surface area (Å²) < 4.78 is 15.5. The lowest BCUT2D eigenvalue weighted by molar-refractivity contribution is -0.165. The summed E-state index contributed by atoms with van der Waals surface area (Å²) in [4.78, 5) is 10.3. The Morgan fingerprint density at radius 3 is 2.67 bits per heavy atom. The number of likely N-dealkylation sites (N-methyl/N-ethyl adjacent to an activating group) is 1. The molecule has 0 bridgehead atoms. The molecule has 27 heavy (non-hydrogen) atoms. The summed E-state index contributed by atoms with van der Waals surface area (Å²) in [6.45, 7) is 0.671. The van der Waals surface area contributed by atoms with E-state index in [0.29, 0.717) is 6.54 Å². The Hall–Kier alpha value is -2.76. The van der Waals surface area contributed by atoms with Crippen LogP contribution in [0.4, 0.5) is 4.39 Å². The Morgan fingerprint density at radius 1 is 1.19 bits per heavy atom. The molecule has 0 radical (unpaired) electrons. The van der Waals surface area contributed by atoms with Gasteiger partial charge in [-0.25, -0.2) is 9.37 Å². The second kappa shape index (κ2) is 7.47. The largest absolute Gasteiger partial charge is 0.335 e. The fraction of sp³-hybridized carbons (Fsp3) is 0.227. The topological polar surface area (TPSA) is 30.3 Å². The lowest BCUT2D eigenvalue weighted by Gasteiger charge is -2.34. The number of hydrogen-bond acceptors (Lipinski definition) is 3. The number of halogens is 1. The second-order valence-corrected chi connectivity index (χ2v) is 6.89. The van der Waals surface area contributed by atoms with Crippen LogP contribution in [0, 0.1) is 5.82 Å². The van der Waals surface area contributed by atoms with E-state index in [2.05, 4.69) is 29.3 Å². The molecule has 0 aliphatic carbocycles. The van der Waals surface area contributed by atoms with Crippen LogP contribution in [0.2, 0.25) is 0 Å². The third-order valence-electron chi connectivity index (χ3n) is 5.12. The van der Waals surface area contributed by atoms with Crippen LogP contribution in [-0.4, -0.2) is 27.8 Å². The normalized spacial score (nSPS) is 23.3. The summed E-state index contributed by atoms with van der Waals surface area (Å²) in [5, 5.41) is 1.90. The summed E-state index contributed by atoms with van der Waals surface area (Å²) in [5.74, 6) is -0.237. The van der Waals surface area contributed by atoms with Gasteiger partial charge >= 0.3 is 0 Å². The predicted molar refractivity (Wildman–Crippen MR) is 103 cm³/mol. The summed E-state index contributed by atoms with van der Waals surface area (Å²) in [6.07, 6.45) is 10.4. The van der Waals surface area contributed by atoms with Crippen LogP contribution in [0.5, 0.6) is 0 Å². The highest BCUT2D eigenvalue weighted by Crippen LogP contribution is 2.41. The minimum atomic E-state index is -0.403. The van der Waals surface area contributed by atoms with Crippen molar-refractivity contribution in [3.05, 3.63) is 96.3 Å². The van der Waals surface area contributed by atoms with E-state index in [-0.39, 0.29) is 11.9 Å². The van der Waals surface area contributed by atoms with Crippen LogP contribution in [0.15, 0.2) is 79.4 Å². The molecule has 1 aliphatic heterocycles. The Bertz CT molecular complexity index is 893. The van der Waals surface area contributed by atoms with Gasteiger partial charge in [0, 0.05) is 32.4 Å². The number of rotatable bonds is 5. The smallest absolute Gasteiger partial charge is 0.123 e. The molecule has 5 heteroatoms. The fourth-order valence-corrected chi connectivity index (χ4v) is 3.69. The van der Waals surface area contributed by atoms with Gasteiger partial charge in [0.25, 0.3) is 0 Å². The van der Waals surface area contributed by atoms with Gasteiger partial charge in [-0.05, 0) is 23.3 Å². The third kappa shape index (κ3) is 3.70. The molecular formula is C22H22FN3O. The standard InChI is InChI=1S/C22H22FN3O/c1-25-22(16-26-14-13-24-17-26,19-8-10-20(23)11-9-19)15-21(27-25)12-7-18-5-3-2-4-6-18/h2-14,17,21H,15-16H2,1H3/b12-7+. The average molecular weight is 363 g/mol. The fourth-order valence-electron chi connectivity index (χ4n) is 3.69. The molecule has 0 saturated carbocycles. The second-order valence-electron chi connectivity index (χ2n) is 6.89. The Labute approximate surface area is 158 Å². The molecule has 1 aromatic heterocycles. The summed E-state index contributed by atoms with van der Waals surface area (Å²) in [6, 6.07) is 16.9. The van der Waals surface area contributed by atoms with Crippen LogP contribution in [-0.2, 0) is 16.9 Å². The molecule has 2 atom stereocenters. The minimum absolute atomic E-state index is 0.0659. The van der Waals surface area contributed by atoms with Crippen molar-refractivity contribution in [3.8, 4) is 0 Å². The van der Waals surface area contributed by atoms with Gasteiger partial charge in [0.2, 0.25) is 0 Å². The third-order valence-corrected chi connectivity index (χ3v) is 5.12. The van der Waals surface area contributed by atoms with Crippen LogP contribution in [0.3, 0.4) is 0 Å². The minimum Gasteiger partial charge on any atom is -0.335 e. The molecule has 0 N–H and O–H groups in total. The Morgan fingerprint density at radius 2 is 1.96 bits per heavy atom. The highest BCUT2D eigenvalue weighted by molar-refractivity contribution is 5.49. The van der Waals surface area contributed by atoms with Crippen molar-refractivity contribution in [1.82, 2.24) is 14.6 Å². The quantitative estimate of drug-likeness (QED) is 0.678. The molecule has 4 nitrogen and oxygen atoms in total. The van der Waals surface area contributed by atoms with Gasteiger partial charge in [0.05, 0.1) is 18.0 Å². The van der Waals surface area contributed by atoms with Gasteiger partial charge in [0.15, 0.2) is 0 Å². The number of hydroxylamine groups is 2. The van der Waals surface area contributed by atoms with Crippen molar-refractivity contribution >= 4 is 6.08 Å². The maximum Gasteiger partial charge on any atom is 0.123 e. The molecule has 1 aliphatic rings. The van der Waals surface area contributed by atoms with E-state index in [4.69, 9.17) is 4.84 Å². The van der Waals surface area contributed by atoms with Crippen LogP contribution in [0.25, 0.3) is 6.08 Å². The van der Waals surface area contributed by atoms with Gasteiger partial charge < -0.3 is 4.57 Å². The van der Waals surface area contributed by atoms with E-state index in [1.54, 1.807) is 12.5 Å². The number of imidazole rings is 1. The molecule has 138 valence electrons. The maximum absolute atomic E-state index is 13.5. The summed E-state index contributed by atoms with van der Waals surface area (Å²) >= 11 is 0. The maximum atomic E-state index is 13.5. The zero-order valence-corrected chi connectivity index (χ0v) is 15.2. The number of nitrogens with zero attached hydrogens (tertiary/aromatic N) is 3. The molecular weight excluding hydrogens is 341 g/mol. The van der Waals surface area contributed by atoms with Gasteiger partial charge in [-0.3, -0.25) is 4.84 Å². The summed E-state index contributed by atoms with van der Waals surface area (Å²) in [7, 11) is 1.94. The van der Waals surface area contributed by atoms with Crippen molar-refractivity contribution in [2.75, 3.05) is 7.05 Å². The average Bonchev–Trinajstić information content (AvgIpc) is 3.30. The van der Waals surface area contributed by atoms with Crippen molar-refractivity contribution in [1.29, 1.82) is 0 Å². The first-order valence-corrected chi connectivity index (χ1v) is 9.01. The van der Waals surface area contributed by atoms with E-state index in [1.807, 2.05) is 53.2 Å². The molecule has 1 fully saturated rings. The molecule has 0 spiro atoms. The van der Waals surface area contributed by atoms with Crippen molar-refractivity contribution in [2.24, 2.45) is 0 Å². The Kier molecular flexibility index (Phi) is 4.88. The zero-order chi connectivity index (χ0) is 18.7. The molecule has 2 aromatic carbocycles. The predicted octanol–water partition coefficient (Wildman–Crippen LogP) is 4.27. The molecule has 2 heterocycles. The SMILES string of the molecule is CN1OC(/C=C/c2ccccc2)CC1(Cn1ccnc1)c1ccc(F)cc1. The van der Waals surface area contributed by atoms with Crippen molar-refractivity contribution < 1.29 is 9.23 Å². The number of hydrogen-bond donors (Lipinski definition) is 0. The van der Waals surface area contributed by atoms with Gasteiger partial charge in [-0.2, -0.15) is 5.06 Å². The zero-order valence-electron chi connectivity index (χ0n) is 15.2. The first-order valence-electron chi connectivity index (χ1n) is 9.01. The lowest BCUT2D eigenvalue weighted by atomic mass is 9.85. The first kappa shape index (κ1) is 17.6. The monoisotopic (exact) mass is 363 g/mol. The van der Waals surface area contributed by atoms with Crippen molar-refractivity contribution in [2.45, 2.75) is 24.6 Å². The van der Waals surface area contributed by atoms with Gasteiger partial charge in [0.1, 0.15) is 5.82 Å². The van der Waals surface area contributed by atoms with E-state index in [9.17, 15) is 4.39 Å². The molecule has 1 saturated heterocycles. The highest BCUT2D eigenvalue weighted by atomic mass is 19.1. The number of aromatic nitrogens is 2. The van der Waals surface area contributed by atoms with Crippen molar-refractivity contribution in [3.63, 3.8) is 0 Å². The van der Waals surface area contributed by atoms with Crippen LogP contribution in [0.1, 0.15) is 17.5 Å². The molecule has 3 aromatic rings. The van der Waals surface area contributed by atoms with Crippen LogP contribution < -0.4 is 0 Å². The van der Waals surface area contributed by atoms with E-state index < -0.39 is 5.54 Å². The molecule has 4 rings (SSSR count). The van der Waals surface area contributed by atoms with E-state index in [0.717, 1.165) is 17.5 Å². The van der Waals surface area contributed by atoms with Gasteiger partial charge in [-0.1, -0.05) is 54.6 Å². The molecule has 2 unspecified atom stereocenters. The lowest BCUT2D eigenvalue weighted by Crippen LogP contribution is -2.41. The first-order chi connectivity index (χ1) is 13.2. The number of benzene rings is 2. The molecule has 0 amide bonds. The summed E-state index contributed by atoms with van der Waals surface area (Å²) in [5.41, 5.74) is 1.76.